The van der Waals surface area contributed by atoms with Crippen molar-refractivity contribution in [1.82, 2.24) is 19.7 Å². The van der Waals surface area contributed by atoms with Gasteiger partial charge in [0, 0.05) is 25.0 Å². The van der Waals surface area contributed by atoms with Gasteiger partial charge < -0.3 is 22.1 Å². The lowest BCUT2D eigenvalue weighted by Gasteiger charge is -2.19. The molecule has 0 saturated heterocycles. The minimum absolute atomic E-state index is 0.00485. The number of amides is 1. The number of carbonyl (C=O) groups is 1. The number of nitrogens with one attached hydrogen (secondary N) is 2. The lowest BCUT2D eigenvalue weighted by atomic mass is 10.1. The van der Waals surface area contributed by atoms with Crippen molar-refractivity contribution in [2.45, 2.75) is 32.2 Å². The van der Waals surface area contributed by atoms with Gasteiger partial charge in [0.15, 0.2) is 11.6 Å². The zero-order chi connectivity index (χ0) is 21.5. The molecule has 10 heteroatoms. The van der Waals surface area contributed by atoms with Crippen molar-refractivity contribution in [2.75, 3.05) is 17.2 Å². The molecule has 0 fully saturated rings. The van der Waals surface area contributed by atoms with E-state index in [2.05, 4.69) is 32.6 Å². The predicted octanol–water partition coefficient (Wildman–Crippen LogP) is 2.57. The molecule has 0 spiro atoms. The van der Waals surface area contributed by atoms with Gasteiger partial charge in [-0.25, -0.2) is 14.1 Å². The summed E-state index contributed by atoms with van der Waals surface area (Å²) in [6.45, 7) is 2.40. The lowest BCUT2D eigenvalue weighted by molar-refractivity contribution is 0.100. The normalized spacial score (nSPS) is 11.8. The Kier molecular flexibility index (Phi) is 6.91. The summed E-state index contributed by atoms with van der Waals surface area (Å²) < 4.78 is 16.2. The zero-order valence-corrected chi connectivity index (χ0v) is 16.7. The van der Waals surface area contributed by atoms with Crippen LogP contribution in [0, 0.1) is 5.82 Å². The fourth-order valence-electron chi connectivity index (χ4n) is 2.95. The molecule has 0 aliphatic rings. The lowest BCUT2D eigenvalue weighted by Crippen LogP contribution is -2.30. The molecule has 0 radical (unpaired) electrons. The number of pyridine rings is 2. The number of aromatic nitrogens is 4. The highest BCUT2D eigenvalue weighted by Crippen LogP contribution is 2.25. The third-order valence-corrected chi connectivity index (χ3v) is 4.53. The van der Waals surface area contributed by atoms with Gasteiger partial charge in [-0.2, -0.15) is 5.10 Å². The molecule has 3 rings (SSSR count). The molecule has 0 bridgehead atoms. The quantitative estimate of drug-likeness (QED) is 0.402. The number of nitrogens with zero attached hydrogens (tertiary/aromatic N) is 4. The van der Waals surface area contributed by atoms with Crippen LogP contribution in [0.25, 0.3) is 5.69 Å². The van der Waals surface area contributed by atoms with E-state index in [1.54, 1.807) is 41.6 Å². The maximum atomic E-state index is 14.6. The molecular weight excluding hydrogens is 387 g/mol. The van der Waals surface area contributed by atoms with Crippen molar-refractivity contribution in [3.63, 3.8) is 0 Å². The van der Waals surface area contributed by atoms with Crippen molar-refractivity contribution in [3.8, 4) is 5.69 Å². The van der Waals surface area contributed by atoms with Gasteiger partial charge in [-0.05, 0) is 24.6 Å². The number of hydrogen-bond donors (Lipinski definition) is 4. The number of rotatable bonds is 10. The number of hydrogen-bond acceptors (Lipinski definition) is 7. The number of primary amides is 1. The Balaban J connectivity index is 1.91. The highest BCUT2D eigenvalue weighted by molar-refractivity contribution is 5.98. The second kappa shape index (κ2) is 9.79. The van der Waals surface area contributed by atoms with E-state index >= 15 is 0 Å². The first-order valence-corrected chi connectivity index (χ1v) is 9.70. The van der Waals surface area contributed by atoms with E-state index in [0.717, 1.165) is 25.3 Å². The largest absolute Gasteiger partial charge is 0.365 e. The van der Waals surface area contributed by atoms with Gasteiger partial charge in [-0.1, -0.05) is 19.8 Å². The Hall–Kier alpha value is -3.53. The third kappa shape index (κ3) is 5.09. The first-order valence-electron chi connectivity index (χ1n) is 9.70. The molecule has 1 atom stereocenters. The molecule has 30 heavy (non-hydrogen) atoms. The Bertz CT molecular complexity index is 992. The Labute approximate surface area is 173 Å². The first-order chi connectivity index (χ1) is 14.5. The summed E-state index contributed by atoms with van der Waals surface area (Å²) in [5.41, 5.74) is 12.4. The summed E-state index contributed by atoms with van der Waals surface area (Å²) in [7, 11) is 0. The van der Waals surface area contributed by atoms with E-state index in [-0.39, 0.29) is 23.2 Å². The van der Waals surface area contributed by atoms with E-state index < -0.39 is 11.7 Å². The van der Waals surface area contributed by atoms with Gasteiger partial charge in [0.1, 0.15) is 5.82 Å². The van der Waals surface area contributed by atoms with Gasteiger partial charge >= 0.3 is 0 Å². The summed E-state index contributed by atoms with van der Waals surface area (Å²) in [6.07, 6.45) is 9.35. The fraction of sp³-hybridized carbons (Fsp3) is 0.300. The Morgan fingerprint density at radius 2 is 2.13 bits per heavy atom. The highest BCUT2D eigenvalue weighted by atomic mass is 19.1. The summed E-state index contributed by atoms with van der Waals surface area (Å²) in [4.78, 5) is 20.3. The van der Waals surface area contributed by atoms with Crippen molar-refractivity contribution in [3.05, 3.63) is 54.4 Å². The van der Waals surface area contributed by atoms with Crippen molar-refractivity contribution in [1.29, 1.82) is 0 Å². The van der Waals surface area contributed by atoms with Crippen LogP contribution < -0.4 is 22.1 Å². The molecule has 0 aliphatic heterocycles. The van der Waals surface area contributed by atoms with E-state index in [0.29, 0.717) is 17.9 Å². The predicted molar refractivity (Wildman–Crippen MR) is 113 cm³/mol. The standard InChI is InChI=1S/C20H25FN8O/c1-2-3-5-13(10-22)26-20-17(21)9-16(18(23)30)19(28-20)27-14-8-15(12-24-11-14)29-7-4-6-25-29/h4,6-9,11-13H,2-3,5,10,22H2,1H3,(H2,23,30)(H2,26,27,28)/t13-/m1/s1. The molecular formula is C20H25FN8O. The zero-order valence-electron chi connectivity index (χ0n) is 16.7. The summed E-state index contributed by atoms with van der Waals surface area (Å²) in [5, 5.41) is 10.2. The average Bonchev–Trinajstić information content (AvgIpc) is 3.28. The van der Waals surface area contributed by atoms with Crippen LogP contribution in [-0.2, 0) is 0 Å². The van der Waals surface area contributed by atoms with E-state index in [4.69, 9.17) is 11.5 Å². The van der Waals surface area contributed by atoms with Crippen LogP contribution >= 0.6 is 0 Å². The van der Waals surface area contributed by atoms with Crippen molar-refractivity contribution >= 4 is 23.2 Å². The molecule has 3 aromatic heterocycles. The molecule has 3 aromatic rings. The molecule has 3 heterocycles. The monoisotopic (exact) mass is 412 g/mol. The number of anilines is 3. The smallest absolute Gasteiger partial charge is 0.252 e. The van der Waals surface area contributed by atoms with Crippen molar-refractivity contribution < 1.29 is 9.18 Å². The van der Waals surface area contributed by atoms with Crippen molar-refractivity contribution in [2.24, 2.45) is 11.5 Å². The highest BCUT2D eigenvalue weighted by Gasteiger charge is 2.18. The molecule has 6 N–H and O–H groups in total. The maximum Gasteiger partial charge on any atom is 0.252 e. The minimum atomic E-state index is -0.798. The van der Waals surface area contributed by atoms with Crippen LogP contribution in [0.15, 0.2) is 43.0 Å². The molecule has 1 amide bonds. The van der Waals surface area contributed by atoms with Gasteiger partial charge in [-0.15, -0.1) is 0 Å². The summed E-state index contributed by atoms with van der Waals surface area (Å²) in [6, 6.07) is 4.49. The second-order valence-corrected chi connectivity index (χ2v) is 6.81. The number of halogens is 1. The molecule has 158 valence electrons. The van der Waals surface area contributed by atoms with Crippen LogP contribution in [-0.4, -0.2) is 38.2 Å². The summed E-state index contributed by atoms with van der Waals surface area (Å²) in [5.74, 6) is -1.34. The van der Waals surface area contributed by atoms with Crippen LogP contribution in [0.3, 0.4) is 0 Å². The maximum absolute atomic E-state index is 14.6. The summed E-state index contributed by atoms with van der Waals surface area (Å²) >= 11 is 0. The van der Waals surface area contributed by atoms with Gasteiger partial charge in [-0.3, -0.25) is 9.78 Å². The Morgan fingerprint density at radius 1 is 1.30 bits per heavy atom. The van der Waals surface area contributed by atoms with Crippen LogP contribution in [0.1, 0.15) is 36.5 Å². The van der Waals surface area contributed by atoms with E-state index in [1.807, 2.05) is 0 Å². The Morgan fingerprint density at radius 3 is 2.80 bits per heavy atom. The van der Waals surface area contributed by atoms with Gasteiger partial charge in [0.25, 0.3) is 5.91 Å². The second-order valence-electron chi connectivity index (χ2n) is 6.81. The van der Waals surface area contributed by atoms with E-state index in [9.17, 15) is 9.18 Å². The van der Waals surface area contributed by atoms with Gasteiger partial charge in [0.2, 0.25) is 0 Å². The SMILES string of the molecule is CCCC[C@H](CN)Nc1nc(Nc2cncc(-n3cccn3)c2)c(C(N)=O)cc1F. The average molecular weight is 412 g/mol. The first kappa shape index (κ1) is 21.2. The molecule has 9 nitrogen and oxygen atoms in total. The van der Waals surface area contributed by atoms with Gasteiger partial charge in [0.05, 0.1) is 29.3 Å². The number of nitrogens with two attached hydrogens (primary N) is 2. The van der Waals surface area contributed by atoms with Crippen LogP contribution in [0.2, 0.25) is 0 Å². The van der Waals surface area contributed by atoms with Crippen LogP contribution in [0.4, 0.5) is 21.7 Å². The minimum Gasteiger partial charge on any atom is -0.365 e. The third-order valence-electron chi connectivity index (χ3n) is 4.53. The van der Waals surface area contributed by atoms with Crippen LogP contribution in [0.5, 0.6) is 0 Å². The molecule has 0 saturated carbocycles. The number of unbranched alkanes of at least 4 members (excludes halogenated alkanes) is 1. The topological polar surface area (TPSA) is 137 Å². The number of carbonyl (C=O) groups excluding carboxylic acids is 1. The van der Waals surface area contributed by atoms with E-state index in [1.165, 1.54) is 0 Å². The molecule has 0 unspecified atom stereocenters. The fourth-order valence-corrected chi connectivity index (χ4v) is 2.95. The molecule has 0 aliphatic carbocycles. The molecule has 0 aromatic carbocycles.